The van der Waals surface area contributed by atoms with Crippen LogP contribution in [0.2, 0.25) is 0 Å². The molecular weight excluding hydrogens is 148 g/mol. The van der Waals surface area contributed by atoms with E-state index in [0.29, 0.717) is 0 Å². The van der Waals surface area contributed by atoms with Crippen molar-refractivity contribution >= 4 is 0 Å². The molecule has 0 N–H and O–H groups in total. The van der Waals surface area contributed by atoms with Crippen molar-refractivity contribution in [2.75, 3.05) is 13.6 Å². The van der Waals surface area contributed by atoms with E-state index in [1.54, 1.807) is 0 Å². The summed E-state index contributed by atoms with van der Waals surface area (Å²) in [7, 11) is 2.17. The van der Waals surface area contributed by atoms with Crippen molar-refractivity contribution in [3.05, 3.63) is 0 Å². The maximum Gasteiger partial charge on any atom is 0.0703 e. The van der Waals surface area contributed by atoms with Gasteiger partial charge in [-0.05, 0) is 32.7 Å². The first-order chi connectivity index (χ1) is 5.76. The molecule has 2 aliphatic carbocycles. The monoisotopic (exact) mass is 164 g/mol. The summed E-state index contributed by atoms with van der Waals surface area (Å²) in [5, 5.41) is 8.90. The Labute approximate surface area is 74.2 Å². The molecule has 2 rings (SSSR count). The van der Waals surface area contributed by atoms with Gasteiger partial charge in [-0.25, -0.2) is 0 Å². The van der Waals surface area contributed by atoms with Crippen LogP contribution in [0.25, 0.3) is 0 Å². The van der Waals surface area contributed by atoms with Gasteiger partial charge in [0.2, 0.25) is 0 Å². The number of nitrogens with zero attached hydrogens (tertiary/aromatic N) is 2. The maximum atomic E-state index is 8.90. The van der Waals surface area contributed by atoms with Gasteiger partial charge in [-0.3, -0.25) is 0 Å². The minimum Gasteiger partial charge on any atom is -0.302 e. The minimum atomic E-state index is 0.0599. The number of hydrogen-bond donors (Lipinski definition) is 0. The molecule has 0 saturated heterocycles. The van der Waals surface area contributed by atoms with Gasteiger partial charge in [-0.15, -0.1) is 0 Å². The molecule has 12 heavy (non-hydrogen) atoms. The highest BCUT2D eigenvalue weighted by Crippen LogP contribution is 2.46. The number of rotatable bonds is 3. The van der Waals surface area contributed by atoms with Gasteiger partial charge in [0.25, 0.3) is 0 Å². The van der Waals surface area contributed by atoms with Crippen molar-refractivity contribution in [2.24, 2.45) is 5.41 Å². The molecule has 0 aromatic carbocycles. The summed E-state index contributed by atoms with van der Waals surface area (Å²) < 4.78 is 0. The topological polar surface area (TPSA) is 27.0 Å². The Morgan fingerprint density at radius 2 is 2.17 bits per heavy atom. The summed E-state index contributed by atoms with van der Waals surface area (Å²) in [4.78, 5) is 2.39. The maximum absolute atomic E-state index is 8.90. The number of nitriles is 1. The van der Waals surface area contributed by atoms with E-state index in [9.17, 15) is 0 Å². The van der Waals surface area contributed by atoms with Gasteiger partial charge in [0.05, 0.1) is 11.5 Å². The lowest BCUT2D eigenvalue weighted by atomic mass is 9.91. The molecule has 0 aromatic rings. The van der Waals surface area contributed by atoms with Gasteiger partial charge in [0.1, 0.15) is 0 Å². The van der Waals surface area contributed by atoms with Crippen molar-refractivity contribution in [1.82, 2.24) is 4.90 Å². The first-order valence-electron chi connectivity index (χ1n) is 4.87. The summed E-state index contributed by atoms with van der Waals surface area (Å²) in [6, 6.07) is 3.23. The lowest BCUT2D eigenvalue weighted by molar-refractivity contribution is 0.143. The molecule has 0 atom stereocenters. The van der Waals surface area contributed by atoms with Crippen molar-refractivity contribution in [1.29, 1.82) is 5.26 Å². The van der Waals surface area contributed by atoms with E-state index in [4.69, 9.17) is 5.26 Å². The van der Waals surface area contributed by atoms with Crippen LogP contribution in [0.5, 0.6) is 0 Å². The zero-order valence-corrected chi connectivity index (χ0v) is 7.71. The van der Waals surface area contributed by atoms with E-state index >= 15 is 0 Å². The van der Waals surface area contributed by atoms with Gasteiger partial charge >= 0.3 is 0 Å². The second kappa shape index (κ2) is 2.74. The van der Waals surface area contributed by atoms with Crippen LogP contribution in [0.15, 0.2) is 0 Å². The van der Waals surface area contributed by atoms with Crippen molar-refractivity contribution in [3.8, 4) is 6.07 Å². The Morgan fingerprint density at radius 3 is 2.50 bits per heavy atom. The molecule has 0 aromatic heterocycles. The lowest BCUT2D eigenvalue weighted by Gasteiger charge is -2.35. The third-order valence-electron chi connectivity index (χ3n) is 3.34. The molecule has 0 radical (unpaired) electrons. The zero-order chi connectivity index (χ0) is 8.60. The summed E-state index contributed by atoms with van der Waals surface area (Å²) >= 11 is 0. The van der Waals surface area contributed by atoms with Crippen LogP contribution >= 0.6 is 0 Å². The summed E-state index contributed by atoms with van der Waals surface area (Å²) in [6.45, 7) is 1.01. The minimum absolute atomic E-state index is 0.0599. The van der Waals surface area contributed by atoms with Crippen LogP contribution in [0, 0.1) is 16.7 Å². The largest absolute Gasteiger partial charge is 0.302 e. The molecule has 66 valence electrons. The molecule has 0 unspecified atom stereocenters. The molecule has 0 heterocycles. The summed E-state index contributed by atoms with van der Waals surface area (Å²) in [6.07, 6.45) is 6.33. The quantitative estimate of drug-likeness (QED) is 0.635. The van der Waals surface area contributed by atoms with E-state index < -0.39 is 0 Å². The van der Waals surface area contributed by atoms with E-state index in [-0.39, 0.29) is 5.41 Å². The predicted octanol–water partition coefficient (Wildman–Crippen LogP) is 1.77. The van der Waals surface area contributed by atoms with Crippen LogP contribution in [0.3, 0.4) is 0 Å². The fourth-order valence-corrected chi connectivity index (χ4v) is 1.89. The fraction of sp³-hybridized carbons (Fsp3) is 0.900. The summed E-state index contributed by atoms with van der Waals surface area (Å²) in [5.74, 6) is 0. The molecular formula is C10H16N2. The van der Waals surface area contributed by atoms with Gasteiger partial charge in [0, 0.05) is 12.6 Å². The SMILES string of the molecule is CN(CC1(C#N)CC1)C1CCC1. The molecule has 2 saturated carbocycles. The van der Waals surface area contributed by atoms with Gasteiger partial charge in [-0.1, -0.05) is 6.42 Å². The van der Waals surface area contributed by atoms with Crippen molar-refractivity contribution in [2.45, 2.75) is 38.1 Å². The second-order valence-electron chi connectivity index (χ2n) is 4.39. The Balaban J connectivity index is 1.82. The van der Waals surface area contributed by atoms with E-state index in [1.807, 2.05) is 0 Å². The highest BCUT2D eigenvalue weighted by molar-refractivity contribution is 5.11. The average molecular weight is 164 g/mol. The van der Waals surface area contributed by atoms with E-state index in [1.165, 1.54) is 19.3 Å². The molecule has 0 aliphatic heterocycles. The normalized spacial score (nSPS) is 26.4. The van der Waals surface area contributed by atoms with Crippen molar-refractivity contribution < 1.29 is 0 Å². The lowest BCUT2D eigenvalue weighted by Crippen LogP contribution is -2.40. The first-order valence-corrected chi connectivity index (χ1v) is 4.87. The first kappa shape index (κ1) is 8.07. The zero-order valence-electron chi connectivity index (χ0n) is 7.71. The molecule has 2 nitrogen and oxygen atoms in total. The highest BCUT2D eigenvalue weighted by atomic mass is 15.1. The van der Waals surface area contributed by atoms with E-state index in [0.717, 1.165) is 25.4 Å². The van der Waals surface area contributed by atoms with Gasteiger partial charge < -0.3 is 4.90 Å². The third kappa shape index (κ3) is 1.34. The Morgan fingerprint density at radius 1 is 1.50 bits per heavy atom. The van der Waals surface area contributed by atoms with Gasteiger partial charge in [-0.2, -0.15) is 5.26 Å². The number of hydrogen-bond acceptors (Lipinski definition) is 2. The molecule has 0 amide bonds. The standard InChI is InChI=1S/C10H16N2/c1-12(9-3-2-4-9)8-10(7-11)5-6-10/h9H,2-6,8H2,1H3. The fourth-order valence-electron chi connectivity index (χ4n) is 1.89. The van der Waals surface area contributed by atoms with Crippen LogP contribution < -0.4 is 0 Å². The average Bonchev–Trinajstić information content (AvgIpc) is 2.65. The van der Waals surface area contributed by atoms with Crippen LogP contribution in [-0.4, -0.2) is 24.5 Å². The Bertz CT molecular complexity index is 208. The third-order valence-corrected chi connectivity index (χ3v) is 3.34. The predicted molar refractivity (Wildman–Crippen MR) is 47.5 cm³/mol. The second-order valence-corrected chi connectivity index (χ2v) is 4.39. The Hall–Kier alpha value is -0.550. The Kier molecular flexibility index (Phi) is 1.84. The summed E-state index contributed by atoms with van der Waals surface area (Å²) in [5.41, 5.74) is 0.0599. The molecule has 0 bridgehead atoms. The molecule has 2 aliphatic rings. The van der Waals surface area contributed by atoms with Crippen LogP contribution in [0.1, 0.15) is 32.1 Å². The molecule has 2 heteroatoms. The smallest absolute Gasteiger partial charge is 0.0703 e. The van der Waals surface area contributed by atoms with E-state index in [2.05, 4.69) is 18.0 Å². The highest BCUT2D eigenvalue weighted by Gasteiger charge is 2.45. The van der Waals surface area contributed by atoms with Gasteiger partial charge in [0.15, 0.2) is 0 Å². The van der Waals surface area contributed by atoms with Crippen molar-refractivity contribution in [3.63, 3.8) is 0 Å². The molecule has 2 fully saturated rings. The molecule has 0 spiro atoms. The van der Waals surface area contributed by atoms with Crippen LogP contribution in [-0.2, 0) is 0 Å². The van der Waals surface area contributed by atoms with Crippen LogP contribution in [0.4, 0.5) is 0 Å².